The summed E-state index contributed by atoms with van der Waals surface area (Å²) in [7, 11) is -0.419. The van der Waals surface area contributed by atoms with Gasteiger partial charge in [0.05, 0.1) is 6.61 Å². The van der Waals surface area contributed by atoms with Crippen molar-refractivity contribution in [1.29, 1.82) is 0 Å². The van der Waals surface area contributed by atoms with Crippen molar-refractivity contribution < 1.29 is 13.2 Å². The molecule has 106 valence electrons. The number of ether oxygens (including phenoxy) is 1. The van der Waals surface area contributed by atoms with Crippen LogP contribution in [0.3, 0.4) is 0 Å². The Labute approximate surface area is 114 Å². The molecule has 5 nitrogen and oxygen atoms in total. The molecule has 1 aliphatic heterocycles. The molecule has 1 aliphatic rings. The van der Waals surface area contributed by atoms with Gasteiger partial charge in [-0.1, -0.05) is 12.1 Å². The van der Waals surface area contributed by atoms with Crippen molar-refractivity contribution in [2.24, 2.45) is 5.92 Å². The summed E-state index contributed by atoms with van der Waals surface area (Å²) >= 11 is 0. The molecular weight excluding hydrogens is 264 g/mol. The first-order valence-electron chi connectivity index (χ1n) is 6.37. The number of nitrogens with one attached hydrogen (secondary N) is 1. The topological polar surface area (TPSA) is 58.6 Å². The molecule has 19 heavy (non-hydrogen) atoms. The summed E-state index contributed by atoms with van der Waals surface area (Å²) in [6.45, 7) is 2.49. The van der Waals surface area contributed by atoms with Crippen molar-refractivity contribution in [1.82, 2.24) is 9.62 Å². The first-order chi connectivity index (χ1) is 9.01. The third-order valence-electron chi connectivity index (χ3n) is 3.24. The van der Waals surface area contributed by atoms with E-state index in [0.717, 1.165) is 19.5 Å². The number of hydrogen-bond donors (Lipinski definition) is 1. The summed E-state index contributed by atoms with van der Waals surface area (Å²) in [6.07, 6.45) is 1.07. The zero-order chi connectivity index (χ0) is 13.9. The van der Waals surface area contributed by atoms with E-state index in [1.165, 1.54) is 18.4 Å². The van der Waals surface area contributed by atoms with Crippen molar-refractivity contribution in [2.75, 3.05) is 33.8 Å². The number of hydrogen-bond acceptors (Lipinski definition) is 4. The Kier molecular flexibility index (Phi) is 4.44. The van der Waals surface area contributed by atoms with E-state index in [2.05, 4.69) is 5.32 Å². The fourth-order valence-electron chi connectivity index (χ4n) is 2.04. The Balaban J connectivity index is 2.16. The number of rotatable bonds is 5. The second kappa shape index (κ2) is 5.90. The molecule has 0 saturated carbocycles. The second-order valence-corrected chi connectivity index (χ2v) is 7.02. The third kappa shape index (κ3) is 3.26. The summed E-state index contributed by atoms with van der Waals surface area (Å²) in [5.74, 6) is 0.887. The van der Waals surface area contributed by atoms with Gasteiger partial charge in [0, 0.05) is 26.6 Å². The summed E-state index contributed by atoms with van der Waals surface area (Å²) < 4.78 is 31.3. The molecule has 1 saturated heterocycles. The van der Waals surface area contributed by atoms with Gasteiger partial charge in [0.2, 0.25) is 10.0 Å². The molecule has 1 fully saturated rings. The van der Waals surface area contributed by atoms with Crippen LogP contribution in [0.5, 0.6) is 5.75 Å². The standard InChI is InChI=1S/C13H20N2O3S/c1-15(2)19(16,17)13-6-4-3-5-12(13)18-10-11-7-8-14-9-11/h3-6,11,14H,7-10H2,1-2H3. The Morgan fingerprint density at radius 2 is 2.11 bits per heavy atom. The zero-order valence-electron chi connectivity index (χ0n) is 11.3. The minimum Gasteiger partial charge on any atom is -0.492 e. The van der Waals surface area contributed by atoms with Gasteiger partial charge in [-0.15, -0.1) is 0 Å². The fourth-order valence-corrected chi connectivity index (χ4v) is 3.07. The second-order valence-electron chi connectivity index (χ2n) is 4.90. The zero-order valence-corrected chi connectivity index (χ0v) is 12.1. The first-order valence-corrected chi connectivity index (χ1v) is 7.81. The number of para-hydroxylation sites is 1. The molecule has 0 amide bonds. The van der Waals surface area contributed by atoms with Gasteiger partial charge in [0.15, 0.2) is 0 Å². The molecule has 2 rings (SSSR count). The highest BCUT2D eigenvalue weighted by Crippen LogP contribution is 2.26. The molecule has 6 heteroatoms. The molecule has 0 aliphatic carbocycles. The Hall–Kier alpha value is -1.11. The maximum atomic E-state index is 12.2. The van der Waals surface area contributed by atoms with E-state index in [-0.39, 0.29) is 4.90 Å². The highest BCUT2D eigenvalue weighted by atomic mass is 32.2. The SMILES string of the molecule is CN(C)S(=O)(=O)c1ccccc1OCC1CCNC1. The van der Waals surface area contributed by atoms with E-state index in [9.17, 15) is 8.42 Å². The molecule has 1 atom stereocenters. The van der Waals surface area contributed by atoms with Crippen LogP contribution in [0.1, 0.15) is 6.42 Å². The number of benzene rings is 1. The van der Waals surface area contributed by atoms with Gasteiger partial charge >= 0.3 is 0 Å². The van der Waals surface area contributed by atoms with Crippen LogP contribution in [0.25, 0.3) is 0 Å². The van der Waals surface area contributed by atoms with Crippen LogP contribution in [0.15, 0.2) is 29.2 Å². The maximum absolute atomic E-state index is 12.2. The molecule has 0 bridgehead atoms. The molecule has 0 radical (unpaired) electrons. The quantitative estimate of drug-likeness (QED) is 0.874. The molecular formula is C13H20N2O3S. The monoisotopic (exact) mass is 284 g/mol. The number of nitrogens with zero attached hydrogens (tertiary/aromatic N) is 1. The Morgan fingerprint density at radius 3 is 2.74 bits per heavy atom. The molecule has 1 unspecified atom stereocenters. The molecule has 1 N–H and O–H groups in total. The lowest BCUT2D eigenvalue weighted by atomic mass is 10.1. The number of sulfonamides is 1. The largest absolute Gasteiger partial charge is 0.492 e. The Bertz CT molecular complexity index is 522. The predicted octanol–water partition coefficient (Wildman–Crippen LogP) is 0.925. The molecule has 1 heterocycles. The summed E-state index contributed by atoms with van der Waals surface area (Å²) in [6, 6.07) is 6.79. The van der Waals surface area contributed by atoms with Gasteiger partial charge in [0.1, 0.15) is 10.6 Å². The highest BCUT2D eigenvalue weighted by Gasteiger charge is 2.23. The van der Waals surface area contributed by atoms with Gasteiger partial charge in [-0.2, -0.15) is 0 Å². The third-order valence-corrected chi connectivity index (χ3v) is 5.10. The van der Waals surface area contributed by atoms with Crippen LogP contribution in [-0.4, -0.2) is 46.5 Å². The van der Waals surface area contributed by atoms with Crippen molar-refractivity contribution in [2.45, 2.75) is 11.3 Å². The lowest BCUT2D eigenvalue weighted by Gasteiger charge is -2.17. The van der Waals surface area contributed by atoms with E-state index in [1.54, 1.807) is 24.3 Å². The van der Waals surface area contributed by atoms with Crippen molar-refractivity contribution in [3.8, 4) is 5.75 Å². The maximum Gasteiger partial charge on any atom is 0.246 e. The van der Waals surface area contributed by atoms with E-state index in [4.69, 9.17) is 4.74 Å². The molecule has 1 aromatic rings. The average molecular weight is 284 g/mol. The van der Waals surface area contributed by atoms with E-state index < -0.39 is 10.0 Å². The first kappa shape index (κ1) is 14.3. The van der Waals surface area contributed by atoms with Gasteiger partial charge in [-0.3, -0.25) is 0 Å². The van der Waals surface area contributed by atoms with Crippen LogP contribution < -0.4 is 10.1 Å². The minimum atomic E-state index is -3.46. The van der Waals surface area contributed by atoms with Crippen molar-refractivity contribution in [3.05, 3.63) is 24.3 Å². The summed E-state index contributed by atoms with van der Waals surface area (Å²) in [4.78, 5) is 0.228. The van der Waals surface area contributed by atoms with Crippen molar-refractivity contribution >= 4 is 10.0 Å². The van der Waals surface area contributed by atoms with Gasteiger partial charge in [-0.05, 0) is 25.1 Å². The Morgan fingerprint density at radius 1 is 1.37 bits per heavy atom. The predicted molar refractivity (Wildman–Crippen MR) is 73.8 cm³/mol. The molecule has 1 aromatic carbocycles. The van der Waals surface area contributed by atoms with Crippen LogP contribution in [0, 0.1) is 5.92 Å². The van der Waals surface area contributed by atoms with Gasteiger partial charge in [-0.25, -0.2) is 12.7 Å². The lowest BCUT2D eigenvalue weighted by Crippen LogP contribution is -2.23. The summed E-state index contributed by atoms with van der Waals surface area (Å²) in [5.41, 5.74) is 0. The van der Waals surface area contributed by atoms with Crippen molar-refractivity contribution in [3.63, 3.8) is 0 Å². The fraction of sp³-hybridized carbons (Fsp3) is 0.538. The molecule has 0 spiro atoms. The average Bonchev–Trinajstić information content (AvgIpc) is 2.89. The van der Waals surface area contributed by atoms with Crippen LogP contribution in [-0.2, 0) is 10.0 Å². The molecule has 0 aromatic heterocycles. The van der Waals surface area contributed by atoms with Gasteiger partial charge in [0.25, 0.3) is 0 Å². The normalized spacial score (nSPS) is 19.8. The summed E-state index contributed by atoms with van der Waals surface area (Å²) in [5, 5.41) is 3.27. The van der Waals surface area contributed by atoms with Crippen LogP contribution in [0.2, 0.25) is 0 Å². The smallest absolute Gasteiger partial charge is 0.246 e. The van der Waals surface area contributed by atoms with E-state index in [1.807, 2.05) is 0 Å². The minimum absolute atomic E-state index is 0.228. The van der Waals surface area contributed by atoms with Gasteiger partial charge < -0.3 is 10.1 Å². The highest BCUT2D eigenvalue weighted by molar-refractivity contribution is 7.89. The van der Waals surface area contributed by atoms with Crippen LogP contribution in [0.4, 0.5) is 0 Å². The lowest BCUT2D eigenvalue weighted by molar-refractivity contribution is 0.253. The van der Waals surface area contributed by atoms with E-state index >= 15 is 0 Å². The van der Waals surface area contributed by atoms with Crippen LogP contribution >= 0.6 is 0 Å². The van der Waals surface area contributed by atoms with E-state index in [0.29, 0.717) is 18.3 Å².